The van der Waals surface area contributed by atoms with Crippen LogP contribution in [-0.2, 0) is 10.0 Å². The predicted octanol–water partition coefficient (Wildman–Crippen LogP) is -0.590. The van der Waals surface area contributed by atoms with E-state index in [1.54, 1.807) is 0 Å². The molecule has 0 radical (unpaired) electrons. The fourth-order valence-electron chi connectivity index (χ4n) is 2.42. The van der Waals surface area contributed by atoms with Gasteiger partial charge >= 0.3 is 0 Å². The maximum absolute atomic E-state index is 11.9. The molecule has 2 atom stereocenters. The molecule has 0 aromatic carbocycles. The van der Waals surface area contributed by atoms with Crippen molar-refractivity contribution in [2.24, 2.45) is 0 Å². The lowest BCUT2D eigenvalue weighted by Crippen LogP contribution is -2.48. The van der Waals surface area contributed by atoms with Gasteiger partial charge in [0, 0.05) is 18.6 Å². The number of hydrogen-bond acceptors (Lipinski definition) is 4. The Bertz CT molecular complexity index is 306. The van der Waals surface area contributed by atoms with Crippen molar-refractivity contribution < 1.29 is 8.42 Å². The minimum Gasteiger partial charge on any atom is -0.315 e. The molecule has 2 unspecified atom stereocenters. The predicted molar refractivity (Wildman–Crippen MR) is 63.8 cm³/mol. The van der Waals surface area contributed by atoms with E-state index < -0.39 is 10.0 Å². The summed E-state index contributed by atoms with van der Waals surface area (Å²) in [5, 5.41) is 6.42. The lowest BCUT2D eigenvalue weighted by Gasteiger charge is -2.24. The fourth-order valence-corrected chi connectivity index (χ4v) is 4.04. The molecule has 0 aliphatic carbocycles. The Labute approximate surface area is 97.4 Å². The van der Waals surface area contributed by atoms with E-state index in [0.717, 1.165) is 45.3 Å². The van der Waals surface area contributed by atoms with Crippen molar-refractivity contribution in [3.63, 3.8) is 0 Å². The van der Waals surface area contributed by atoms with Crippen molar-refractivity contribution in [1.29, 1.82) is 0 Å². The van der Waals surface area contributed by atoms with Gasteiger partial charge in [0.1, 0.15) is 0 Å². The second-order valence-corrected chi connectivity index (χ2v) is 6.53. The average Bonchev–Trinajstić information content (AvgIpc) is 2.70. The maximum Gasteiger partial charge on any atom is 0.213 e. The Morgan fingerprint density at radius 2 is 2.00 bits per heavy atom. The zero-order valence-electron chi connectivity index (χ0n) is 9.54. The summed E-state index contributed by atoms with van der Waals surface area (Å²) in [5.74, 6) is 0.226. The van der Waals surface area contributed by atoms with Gasteiger partial charge < -0.3 is 10.6 Å². The quantitative estimate of drug-likeness (QED) is 0.621. The number of piperidine rings is 1. The minimum absolute atomic E-state index is 0.0835. The maximum atomic E-state index is 11.9. The van der Waals surface area contributed by atoms with Crippen molar-refractivity contribution in [1.82, 2.24) is 15.4 Å². The van der Waals surface area contributed by atoms with Crippen LogP contribution >= 0.6 is 0 Å². The molecule has 3 N–H and O–H groups in total. The molecule has 2 rings (SSSR count). The third-order valence-corrected chi connectivity index (χ3v) is 4.76. The van der Waals surface area contributed by atoms with Gasteiger partial charge in [-0.25, -0.2) is 13.1 Å². The fraction of sp³-hybridized carbons (Fsp3) is 1.00. The molecule has 0 amide bonds. The van der Waals surface area contributed by atoms with E-state index in [9.17, 15) is 8.42 Å². The van der Waals surface area contributed by atoms with Crippen molar-refractivity contribution in [2.75, 3.05) is 25.4 Å². The van der Waals surface area contributed by atoms with Crippen LogP contribution < -0.4 is 15.4 Å². The van der Waals surface area contributed by atoms with Crippen LogP contribution in [0.1, 0.15) is 25.7 Å². The summed E-state index contributed by atoms with van der Waals surface area (Å²) < 4.78 is 26.5. The summed E-state index contributed by atoms with van der Waals surface area (Å²) in [7, 11) is -3.12. The monoisotopic (exact) mass is 247 g/mol. The zero-order valence-corrected chi connectivity index (χ0v) is 10.4. The van der Waals surface area contributed by atoms with E-state index in [1.165, 1.54) is 0 Å². The molecule has 0 spiro atoms. The number of sulfonamides is 1. The largest absolute Gasteiger partial charge is 0.315 e. The summed E-state index contributed by atoms with van der Waals surface area (Å²) in [6.07, 6.45) is 4.06. The van der Waals surface area contributed by atoms with E-state index in [2.05, 4.69) is 15.4 Å². The molecular formula is C10H21N3O2S. The van der Waals surface area contributed by atoms with Gasteiger partial charge in [-0.15, -0.1) is 0 Å². The molecule has 2 saturated heterocycles. The lowest BCUT2D eigenvalue weighted by atomic mass is 10.1. The smallest absolute Gasteiger partial charge is 0.213 e. The second-order valence-electron chi connectivity index (χ2n) is 4.74. The highest BCUT2D eigenvalue weighted by atomic mass is 32.2. The number of nitrogens with one attached hydrogen (secondary N) is 3. The molecule has 2 aliphatic rings. The van der Waals surface area contributed by atoms with Crippen LogP contribution in [-0.4, -0.2) is 45.9 Å². The molecule has 2 fully saturated rings. The first-order valence-corrected chi connectivity index (χ1v) is 7.75. The van der Waals surface area contributed by atoms with E-state index in [0.29, 0.717) is 0 Å². The van der Waals surface area contributed by atoms with Gasteiger partial charge in [0.2, 0.25) is 10.0 Å². The van der Waals surface area contributed by atoms with Crippen LogP contribution in [0.15, 0.2) is 0 Å². The summed E-state index contributed by atoms with van der Waals surface area (Å²) in [5.41, 5.74) is 0. The first-order chi connectivity index (χ1) is 7.66. The van der Waals surface area contributed by atoms with Crippen molar-refractivity contribution in [2.45, 2.75) is 37.8 Å². The summed E-state index contributed by atoms with van der Waals surface area (Å²) in [6, 6.07) is 0.231. The van der Waals surface area contributed by atoms with Gasteiger partial charge in [-0.1, -0.05) is 0 Å². The first-order valence-electron chi connectivity index (χ1n) is 6.10. The lowest BCUT2D eigenvalue weighted by molar-refractivity contribution is 0.427. The van der Waals surface area contributed by atoms with E-state index in [-0.39, 0.29) is 17.8 Å². The van der Waals surface area contributed by atoms with Crippen LogP contribution in [0.5, 0.6) is 0 Å². The standard InChI is InChI=1S/C10H21N3O2S/c14-16(15,8-10-4-2-6-12-10)13-9-3-1-5-11-7-9/h9-13H,1-8H2. The van der Waals surface area contributed by atoms with Crippen LogP contribution in [0.25, 0.3) is 0 Å². The van der Waals surface area contributed by atoms with Crippen molar-refractivity contribution in [3.8, 4) is 0 Å². The Kier molecular flexibility index (Phi) is 4.18. The molecule has 94 valence electrons. The average molecular weight is 247 g/mol. The van der Waals surface area contributed by atoms with Gasteiger partial charge in [-0.3, -0.25) is 0 Å². The van der Waals surface area contributed by atoms with Crippen molar-refractivity contribution >= 4 is 10.0 Å². The van der Waals surface area contributed by atoms with Gasteiger partial charge in [-0.2, -0.15) is 0 Å². The van der Waals surface area contributed by atoms with Gasteiger partial charge in [0.05, 0.1) is 5.75 Å². The molecule has 6 heteroatoms. The molecule has 16 heavy (non-hydrogen) atoms. The summed E-state index contributed by atoms with van der Waals surface area (Å²) in [6.45, 7) is 2.71. The normalized spacial score (nSPS) is 31.8. The Balaban J connectivity index is 1.81. The molecular weight excluding hydrogens is 226 g/mol. The molecule has 5 nitrogen and oxygen atoms in total. The van der Waals surface area contributed by atoms with Crippen LogP contribution in [0.4, 0.5) is 0 Å². The van der Waals surface area contributed by atoms with Gasteiger partial charge in [0.25, 0.3) is 0 Å². The Morgan fingerprint density at radius 3 is 2.62 bits per heavy atom. The minimum atomic E-state index is -3.12. The highest BCUT2D eigenvalue weighted by molar-refractivity contribution is 7.89. The molecule has 2 aliphatic heterocycles. The molecule has 0 saturated carbocycles. The summed E-state index contributed by atoms with van der Waals surface area (Å²) >= 11 is 0. The Morgan fingerprint density at radius 1 is 1.19 bits per heavy atom. The number of hydrogen-bond donors (Lipinski definition) is 3. The van der Waals surface area contributed by atoms with Crippen LogP contribution in [0.2, 0.25) is 0 Å². The van der Waals surface area contributed by atoms with Crippen molar-refractivity contribution in [3.05, 3.63) is 0 Å². The van der Waals surface area contributed by atoms with Gasteiger partial charge in [-0.05, 0) is 38.8 Å². The first kappa shape index (κ1) is 12.3. The highest BCUT2D eigenvalue weighted by Gasteiger charge is 2.25. The highest BCUT2D eigenvalue weighted by Crippen LogP contribution is 2.09. The van der Waals surface area contributed by atoms with E-state index >= 15 is 0 Å². The number of rotatable bonds is 4. The third-order valence-electron chi connectivity index (χ3n) is 3.23. The Hall–Kier alpha value is -0.170. The molecule has 0 aromatic rings. The third kappa shape index (κ3) is 3.69. The SMILES string of the molecule is O=S(=O)(CC1CCCN1)NC1CCCNC1. The second kappa shape index (κ2) is 5.44. The molecule has 0 aromatic heterocycles. The summed E-state index contributed by atoms with van der Waals surface area (Å²) in [4.78, 5) is 0. The van der Waals surface area contributed by atoms with E-state index in [4.69, 9.17) is 0 Å². The van der Waals surface area contributed by atoms with Crippen LogP contribution in [0, 0.1) is 0 Å². The topological polar surface area (TPSA) is 70.2 Å². The van der Waals surface area contributed by atoms with Crippen LogP contribution in [0.3, 0.4) is 0 Å². The zero-order chi connectivity index (χ0) is 11.4. The molecule has 2 heterocycles. The molecule has 0 bridgehead atoms. The van der Waals surface area contributed by atoms with Gasteiger partial charge in [0.15, 0.2) is 0 Å². The van der Waals surface area contributed by atoms with E-state index in [1.807, 2.05) is 0 Å².